The fourth-order valence-electron chi connectivity index (χ4n) is 3.33. The summed E-state index contributed by atoms with van der Waals surface area (Å²) < 4.78 is 26.3. The Morgan fingerprint density at radius 2 is 2.00 bits per heavy atom. The number of carbonyl (C=O) groups is 1. The Hall–Kier alpha value is -2.24. The Morgan fingerprint density at radius 3 is 2.67 bits per heavy atom. The topological polar surface area (TPSA) is 38.1 Å². The average molecular weight is 333 g/mol. The number of hydrogen-bond acceptors (Lipinski definition) is 2. The molecule has 1 aromatic carbocycles. The molecule has 0 unspecified atom stereocenters. The van der Waals surface area contributed by atoms with Gasteiger partial charge in [0.25, 0.3) is 12.3 Å². The third-order valence-electron chi connectivity index (χ3n) is 4.63. The van der Waals surface area contributed by atoms with Gasteiger partial charge in [-0.15, -0.1) is 0 Å². The lowest BCUT2D eigenvalue weighted by atomic mass is 9.96. The Kier molecular flexibility index (Phi) is 4.64. The molecule has 2 heterocycles. The van der Waals surface area contributed by atoms with Gasteiger partial charge >= 0.3 is 0 Å². The minimum atomic E-state index is -2.53. The van der Waals surface area contributed by atoms with Crippen molar-refractivity contribution >= 4 is 5.91 Å². The van der Waals surface area contributed by atoms with E-state index in [2.05, 4.69) is 29.4 Å². The molecule has 0 aliphatic carbocycles. The van der Waals surface area contributed by atoms with Gasteiger partial charge in [0.15, 0.2) is 0 Å². The number of likely N-dealkylation sites (tertiary alicyclic amines) is 1. The predicted octanol–water partition coefficient (Wildman–Crippen LogP) is 3.47. The average Bonchev–Trinajstić information content (AvgIpc) is 3.13. The van der Waals surface area contributed by atoms with E-state index >= 15 is 0 Å². The lowest BCUT2D eigenvalue weighted by molar-refractivity contribution is 0.0720. The molecule has 2 atom stereocenters. The maximum atomic E-state index is 12.8. The first-order valence-electron chi connectivity index (χ1n) is 8.13. The van der Waals surface area contributed by atoms with E-state index in [9.17, 15) is 13.6 Å². The lowest BCUT2D eigenvalue weighted by Crippen LogP contribution is -2.35. The predicted molar refractivity (Wildman–Crippen MR) is 87.3 cm³/mol. The van der Waals surface area contributed by atoms with Crippen molar-refractivity contribution < 1.29 is 13.6 Å². The zero-order chi connectivity index (χ0) is 17.3. The summed E-state index contributed by atoms with van der Waals surface area (Å²) in [4.78, 5) is 14.5. The Bertz CT molecular complexity index is 711. The molecule has 24 heavy (non-hydrogen) atoms. The van der Waals surface area contributed by atoms with Crippen LogP contribution in [0.3, 0.4) is 0 Å². The summed E-state index contributed by atoms with van der Waals surface area (Å²) in [6.07, 6.45) is -0.265. The third kappa shape index (κ3) is 3.32. The van der Waals surface area contributed by atoms with Gasteiger partial charge in [0.2, 0.25) is 0 Å². The molecule has 1 amide bonds. The summed E-state index contributed by atoms with van der Waals surface area (Å²) >= 11 is 0. The second-order valence-corrected chi connectivity index (χ2v) is 6.44. The number of aromatic nitrogens is 2. The summed E-state index contributed by atoms with van der Waals surface area (Å²) in [5.41, 5.74) is 2.64. The van der Waals surface area contributed by atoms with Gasteiger partial charge in [-0.2, -0.15) is 5.10 Å². The van der Waals surface area contributed by atoms with E-state index < -0.39 is 13.0 Å². The number of rotatable bonds is 4. The molecule has 0 N–H and O–H groups in total. The van der Waals surface area contributed by atoms with Crippen molar-refractivity contribution in [1.82, 2.24) is 14.7 Å². The highest BCUT2D eigenvalue weighted by molar-refractivity contribution is 5.93. The van der Waals surface area contributed by atoms with Crippen LogP contribution in [-0.2, 0) is 6.54 Å². The van der Waals surface area contributed by atoms with Gasteiger partial charge < -0.3 is 4.90 Å². The number of nitrogens with zero attached hydrogens (tertiary/aromatic N) is 3. The molecule has 0 bridgehead atoms. The fraction of sp³-hybridized carbons (Fsp3) is 0.444. The molecular weight excluding hydrogens is 312 g/mol. The Labute approximate surface area is 140 Å². The van der Waals surface area contributed by atoms with Gasteiger partial charge in [-0.3, -0.25) is 9.48 Å². The highest BCUT2D eigenvalue weighted by Gasteiger charge is 2.34. The van der Waals surface area contributed by atoms with Crippen molar-refractivity contribution in [2.24, 2.45) is 0 Å². The minimum absolute atomic E-state index is 0.0682. The van der Waals surface area contributed by atoms with Crippen LogP contribution in [0.4, 0.5) is 8.78 Å². The van der Waals surface area contributed by atoms with Crippen LogP contribution in [-0.4, -0.2) is 39.6 Å². The Balaban J connectivity index is 1.76. The first-order valence-corrected chi connectivity index (χ1v) is 8.13. The van der Waals surface area contributed by atoms with Crippen molar-refractivity contribution in [1.29, 1.82) is 0 Å². The Morgan fingerprint density at radius 1 is 1.29 bits per heavy atom. The van der Waals surface area contributed by atoms with Gasteiger partial charge in [0.05, 0.1) is 0 Å². The summed E-state index contributed by atoms with van der Waals surface area (Å²) in [5.74, 6) is 0.0475. The number of alkyl halides is 2. The van der Waals surface area contributed by atoms with E-state index in [4.69, 9.17) is 0 Å². The smallest absolute Gasteiger partial charge is 0.272 e. The summed E-state index contributed by atoms with van der Waals surface area (Å²) in [6, 6.07) is 9.92. The summed E-state index contributed by atoms with van der Waals surface area (Å²) in [6.45, 7) is 4.08. The van der Waals surface area contributed by atoms with Crippen LogP contribution in [0.25, 0.3) is 0 Å². The van der Waals surface area contributed by atoms with E-state index in [-0.39, 0.29) is 23.6 Å². The quantitative estimate of drug-likeness (QED) is 0.859. The summed E-state index contributed by atoms with van der Waals surface area (Å²) in [5, 5.41) is 3.85. The number of aryl methyl sites for hydroxylation is 1. The fourth-order valence-corrected chi connectivity index (χ4v) is 3.33. The second-order valence-electron chi connectivity index (χ2n) is 6.44. The number of carbonyl (C=O) groups excluding carboxylic acids is 1. The maximum absolute atomic E-state index is 12.8. The zero-order valence-corrected chi connectivity index (χ0v) is 13.8. The van der Waals surface area contributed by atoms with Gasteiger partial charge in [0, 0.05) is 24.7 Å². The number of amides is 1. The molecule has 2 aromatic rings. The molecule has 3 rings (SSSR count). The van der Waals surface area contributed by atoms with Crippen molar-refractivity contribution in [3.8, 4) is 0 Å². The number of halogens is 2. The van der Waals surface area contributed by atoms with Crippen LogP contribution in [0, 0.1) is 6.92 Å². The van der Waals surface area contributed by atoms with Crippen molar-refractivity contribution in [2.75, 3.05) is 6.54 Å². The highest BCUT2D eigenvalue weighted by atomic mass is 19.3. The van der Waals surface area contributed by atoms with Gasteiger partial charge in [0.1, 0.15) is 12.2 Å². The first kappa shape index (κ1) is 16.6. The standard InChI is InChI=1S/C18H21F2N3O/c1-12-3-5-14(6-4-12)15-9-13(2)22(10-15)18(24)16-7-8-21-23(16)11-17(19)20/h3-8,13,15,17H,9-11H2,1-2H3/t13-,15-/m0/s1. The molecule has 6 heteroatoms. The third-order valence-corrected chi connectivity index (χ3v) is 4.63. The van der Waals surface area contributed by atoms with Crippen molar-refractivity contribution in [3.05, 3.63) is 53.3 Å². The van der Waals surface area contributed by atoms with Gasteiger partial charge in [-0.1, -0.05) is 29.8 Å². The van der Waals surface area contributed by atoms with Crippen molar-refractivity contribution in [2.45, 2.75) is 45.2 Å². The normalized spacial score (nSPS) is 20.8. The van der Waals surface area contributed by atoms with Crippen molar-refractivity contribution in [3.63, 3.8) is 0 Å². The van der Waals surface area contributed by atoms with Crippen LogP contribution in [0.5, 0.6) is 0 Å². The van der Waals surface area contributed by atoms with E-state index in [0.717, 1.165) is 11.1 Å². The molecule has 1 aliphatic rings. The van der Waals surface area contributed by atoms with E-state index in [0.29, 0.717) is 6.54 Å². The largest absolute Gasteiger partial charge is 0.334 e. The zero-order valence-electron chi connectivity index (χ0n) is 13.8. The van der Waals surface area contributed by atoms with Crippen LogP contribution in [0.15, 0.2) is 36.5 Å². The van der Waals surface area contributed by atoms with Gasteiger partial charge in [-0.05, 0) is 31.9 Å². The first-order chi connectivity index (χ1) is 11.5. The number of benzene rings is 1. The molecule has 4 nitrogen and oxygen atoms in total. The van der Waals surface area contributed by atoms with E-state index in [1.54, 1.807) is 4.90 Å². The van der Waals surface area contributed by atoms with Gasteiger partial charge in [-0.25, -0.2) is 8.78 Å². The van der Waals surface area contributed by atoms with Crippen LogP contribution in [0.1, 0.15) is 40.9 Å². The molecule has 0 radical (unpaired) electrons. The molecule has 1 fully saturated rings. The minimum Gasteiger partial charge on any atom is -0.334 e. The molecule has 1 aromatic heterocycles. The highest BCUT2D eigenvalue weighted by Crippen LogP contribution is 2.32. The molecule has 1 aliphatic heterocycles. The molecule has 0 spiro atoms. The van der Waals surface area contributed by atoms with Crippen LogP contribution >= 0.6 is 0 Å². The van der Waals surface area contributed by atoms with Crippen LogP contribution < -0.4 is 0 Å². The summed E-state index contributed by atoms with van der Waals surface area (Å²) in [7, 11) is 0. The monoisotopic (exact) mass is 333 g/mol. The molecule has 1 saturated heterocycles. The number of hydrogen-bond donors (Lipinski definition) is 0. The molecule has 0 saturated carbocycles. The van der Waals surface area contributed by atoms with E-state index in [1.165, 1.54) is 23.4 Å². The SMILES string of the molecule is Cc1ccc([C@H]2C[C@H](C)N(C(=O)c3ccnn3CC(F)F)C2)cc1. The second kappa shape index (κ2) is 6.71. The van der Waals surface area contributed by atoms with E-state index in [1.807, 2.05) is 13.8 Å². The maximum Gasteiger partial charge on any atom is 0.272 e. The molecular formula is C18H21F2N3O. The lowest BCUT2D eigenvalue weighted by Gasteiger charge is -2.22. The van der Waals surface area contributed by atoms with Crippen LogP contribution in [0.2, 0.25) is 0 Å². The molecule has 128 valence electrons.